The minimum atomic E-state index is -0.740. The first-order chi connectivity index (χ1) is 14.1. The van der Waals surface area contributed by atoms with Gasteiger partial charge >= 0.3 is 0 Å². The van der Waals surface area contributed by atoms with Gasteiger partial charge in [0.2, 0.25) is 0 Å². The van der Waals surface area contributed by atoms with Crippen LogP contribution in [0.3, 0.4) is 0 Å². The van der Waals surface area contributed by atoms with Crippen molar-refractivity contribution in [3.63, 3.8) is 0 Å². The number of hydrogen-bond donors (Lipinski definition) is 1. The van der Waals surface area contributed by atoms with Gasteiger partial charge in [-0.25, -0.2) is 0 Å². The van der Waals surface area contributed by atoms with Crippen molar-refractivity contribution >= 4 is 17.4 Å². The first kappa shape index (κ1) is 20.3. The Kier molecular flexibility index (Phi) is 6.41. The lowest BCUT2D eigenvalue weighted by atomic mass is 9.96. The molecule has 0 spiro atoms. The molecule has 3 rings (SSSR count). The van der Waals surface area contributed by atoms with Gasteiger partial charge in [-0.3, -0.25) is 14.6 Å². The molecule has 29 heavy (non-hydrogen) atoms. The fraction of sp³-hybridized carbons (Fsp3) is 0.227. The molecule has 7 nitrogen and oxygen atoms in total. The Morgan fingerprint density at radius 1 is 1.28 bits per heavy atom. The van der Waals surface area contributed by atoms with Crippen LogP contribution in [0.1, 0.15) is 17.2 Å². The number of likely N-dealkylation sites (tertiary alicyclic amines) is 1. The molecule has 1 aromatic carbocycles. The van der Waals surface area contributed by atoms with E-state index >= 15 is 0 Å². The van der Waals surface area contributed by atoms with Crippen molar-refractivity contribution in [2.75, 3.05) is 26.9 Å². The van der Waals surface area contributed by atoms with Gasteiger partial charge in [0.25, 0.3) is 11.7 Å². The van der Waals surface area contributed by atoms with Crippen LogP contribution in [0.5, 0.6) is 5.75 Å². The molecule has 0 bridgehead atoms. The molecular formula is C22H22N2O5. The monoisotopic (exact) mass is 394 g/mol. The average Bonchev–Trinajstić information content (AvgIpc) is 3.01. The Balaban J connectivity index is 2.04. The number of ether oxygens (including phenoxy) is 2. The molecule has 2 heterocycles. The van der Waals surface area contributed by atoms with Gasteiger partial charge in [-0.05, 0) is 35.9 Å². The molecule has 1 saturated heterocycles. The van der Waals surface area contributed by atoms with Crippen molar-refractivity contribution in [3.05, 3.63) is 78.1 Å². The van der Waals surface area contributed by atoms with Crippen LogP contribution in [0.15, 0.2) is 67.0 Å². The second kappa shape index (κ2) is 9.16. The van der Waals surface area contributed by atoms with Gasteiger partial charge < -0.3 is 19.5 Å². The summed E-state index contributed by atoms with van der Waals surface area (Å²) in [6, 6.07) is 9.38. The molecule has 1 N–H and O–H groups in total. The summed E-state index contributed by atoms with van der Waals surface area (Å²) < 4.78 is 10.5. The van der Waals surface area contributed by atoms with Gasteiger partial charge in [-0.2, -0.15) is 0 Å². The molecule has 0 unspecified atom stereocenters. The Morgan fingerprint density at radius 3 is 2.66 bits per heavy atom. The van der Waals surface area contributed by atoms with E-state index in [2.05, 4.69) is 11.6 Å². The first-order valence-electron chi connectivity index (χ1n) is 9.10. The summed E-state index contributed by atoms with van der Waals surface area (Å²) in [5, 5.41) is 10.9. The van der Waals surface area contributed by atoms with Gasteiger partial charge in [0.1, 0.15) is 18.1 Å². The number of aliphatic hydroxyl groups is 1. The molecule has 2 aromatic rings. The first-order valence-corrected chi connectivity index (χ1v) is 9.10. The number of hydrogen-bond acceptors (Lipinski definition) is 6. The molecule has 150 valence electrons. The molecule has 1 atom stereocenters. The van der Waals surface area contributed by atoms with E-state index in [0.717, 1.165) is 0 Å². The highest BCUT2D eigenvalue weighted by Crippen LogP contribution is 2.39. The van der Waals surface area contributed by atoms with Crippen molar-refractivity contribution in [2.24, 2.45) is 0 Å². The molecule has 0 saturated carbocycles. The zero-order chi connectivity index (χ0) is 20.8. The van der Waals surface area contributed by atoms with Crippen LogP contribution < -0.4 is 4.74 Å². The third-order valence-corrected chi connectivity index (χ3v) is 4.57. The molecule has 1 aliphatic rings. The zero-order valence-corrected chi connectivity index (χ0v) is 16.1. The summed E-state index contributed by atoms with van der Waals surface area (Å²) in [4.78, 5) is 30.9. The number of amides is 1. The number of pyridine rings is 1. The van der Waals surface area contributed by atoms with Crippen LogP contribution in [-0.2, 0) is 14.3 Å². The maximum Gasteiger partial charge on any atom is 0.295 e. The standard InChI is InChI=1S/C22H22N2O5/c1-3-12-29-17-8-6-15(7-9-17)20(25)18-19(16-5-4-10-23-14-16)24(11-13-28-2)22(27)21(18)26/h3-10,14,19,25H,1,11-13H2,2H3/t19-/m1/s1. The summed E-state index contributed by atoms with van der Waals surface area (Å²) in [6.45, 7) is 4.43. The Labute approximate surface area is 168 Å². The predicted octanol–water partition coefficient (Wildman–Crippen LogP) is 2.71. The third kappa shape index (κ3) is 4.20. The fourth-order valence-corrected chi connectivity index (χ4v) is 3.20. The maximum atomic E-state index is 12.8. The number of ketones is 1. The number of rotatable bonds is 8. The third-order valence-electron chi connectivity index (χ3n) is 4.57. The molecule has 1 aromatic heterocycles. The van der Waals surface area contributed by atoms with Crippen LogP contribution in [0.25, 0.3) is 5.76 Å². The largest absolute Gasteiger partial charge is 0.507 e. The minimum absolute atomic E-state index is 0.0267. The Bertz CT molecular complexity index is 922. The smallest absolute Gasteiger partial charge is 0.295 e. The average molecular weight is 394 g/mol. The van der Waals surface area contributed by atoms with E-state index in [1.807, 2.05) is 0 Å². The molecule has 7 heteroatoms. The van der Waals surface area contributed by atoms with Crippen molar-refractivity contribution in [3.8, 4) is 5.75 Å². The fourth-order valence-electron chi connectivity index (χ4n) is 3.20. The van der Waals surface area contributed by atoms with Crippen LogP contribution in [-0.4, -0.2) is 53.5 Å². The number of carbonyl (C=O) groups is 2. The molecule has 0 radical (unpaired) electrons. The lowest BCUT2D eigenvalue weighted by molar-refractivity contribution is -0.140. The Morgan fingerprint density at radius 2 is 2.03 bits per heavy atom. The maximum absolute atomic E-state index is 12.8. The highest BCUT2D eigenvalue weighted by atomic mass is 16.5. The van der Waals surface area contributed by atoms with Gasteiger partial charge in [0, 0.05) is 31.6 Å². The lowest BCUT2D eigenvalue weighted by Gasteiger charge is -2.24. The van der Waals surface area contributed by atoms with Crippen LogP contribution in [0.4, 0.5) is 0 Å². The van der Waals surface area contributed by atoms with Gasteiger partial charge in [0.05, 0.1) is 18.2 Å². The molecule has 0 aliphatic carbocycles. The van der Waals surface area contributed by atoms with Crippen LogP contribution >= 0.6 is 0 Å². The van der Waals surface area contributed by atoms with Crippen LogP contribution in [0.2, 0.25) is 0 Å². The van der Waals surface area contributed by atoms with E-state index in [1.54, 1.807) is 54.9 Å². The highest BCUT2D eigenvalue weighted by Gasteiger charge is 2.45. The zero-order valence-electron chi connectivity index (χ0n) is 16.1. The van der Waals surface area contributed by atoms with Crippen molar-refractivity contribution in [1.82, 2.24) is 9.88 Å². The highest BCUT2D eigenvalue weighted by molar-refractivity contribution is 6.46. The number of nitrogens with zero attached hydrogens (tertiary/aromatic N) is 2. The number of aromatic nitrogens is 1. The summed E-state index contributed by atoms with van der Waals surface area (Å²) in [6.07, 6.45) is 4.81. The van der Waals surface area contributed by atoms with Gasteiger partial charge in [-0.1, -0.05) is 18.7 Å². The van der Waals surface area contributed by atoms with Crippen molar-refractivity contribution in [1.29, 1.82) is 0 Å². The second-order valence-corrected chi connectivity index (χ2v) is 6.40. The lowest BCUT2D eigenvalue weighted by Crippen LogP contribution is -2.32. The Hall–Kier alpha value is -3.45. The predicted molar refractivity (Wildman–Crippen MR) is 107 cm³/mol. The topological polar surface area (TPSA) is 89.0 Å². The van der Waals surface area contributed by atoms with E-state index in [4.69, 9.17) is 9.47 Å². The SMILES string of the molecule is C=CCOc1ccc(C(O)=C2C(=O)C(=O)N(CCOC)[C@@H]2c2cccnc2)cc1. The van der Waals surface area contributed by atoms with E-state index in [0.29, 0.717) is 23.5 Å². The number of aliphatic hydroxyl groups excluding tert-OH is 1. The number of Topliss-reactive ketones (excluding diaryl/α,β-unsaturated/α-hetero) is 1. The molecule has 1 fully saturated rings. The number of benzene rings is 1. The molecular weight excluding hydrogens is 372 g/mol. The molecule has 1 aliphatic heterocycles. The number of carbonyl (C=O) groups excluding carboxylic acids is 2. The van der Waals surface area contributed by atoms with Crippen molar-refractivity contribution in [2.45, 2.75) is 6.04 Å². The van der Waals surface area contributed by atoms with E-state index < -0.39 is 17.7 Å². The van der Waals surface area contributed by atoms with E-state index in [-0.39, 0.29) is 24.5 Å². The summed E-state index contributed by atoms with van der Waals surface area (Å²) in [5.74, 6) is -1.05. The van der Waals surface area contributed by atoms with E-state index in [1.165, 1.54) is 12.0 Å². The number of methoxy groups -OCH3 is 1. The van der Waals surface area contributed by atoms with Gasteiger partial charge in [-0.15, -0.1) is 0 Å². The van der Waals surface area contributed by atoms with E-state index in [9.17, 15) is 14.7 Å². The van der Waals surface area contributed by atoms with Crippen LogP contribution in [0, 0.1) is 0 Å². The van der Waals surface area contributed by atoms with Crippen molar-refractivity contribution < 1.29 is 24.2 Å². The second-order valence-electron chi connectivity index (χ2n) is 6.40. The van der Waals surface area contributed by atoms with Gasteiger partial charge in [0.15, 0.2) is 0 Å². The summed E-state index contributed by atoms with van der Waals surface area (Å²) >= 11 is 0. The normalized spacial score (nSPS) is 18.1. The molecule has 1 amide bonds. The summed E-state index contributed by atoms with van der Waals surface area (Å²) in [5.41, 5.74) is 1.07. The summed E-state index contributed by atoms with van der Waals surface area (Å²) in [7, 11) is 1.52. The minimum Gasteiger partial charge on any atom is -0.507 e. The quantitative estimate of drug-likeness (QED) is 0.321.